The number of carboxylic acids is 1. The van der Waals surface area contributed by atoms with Gasteiger partial charge >= 0.3 is 5.97 Å². The third kappa shape index (κ3) is 7.05. The van der Waals surface area contributed by atoms with Crippen LogP contribution in [0.25, 0.3) is 0 Å². The van der Waals surface area contributed by atoms with E-state index < -0.39 is 12.6 Å². The highest BCUT2D eigenvalue weighted by Gasteiger charge is 2.16. The first kappa shape index (κ1) is 24.7. The summed E-state index contributed by atoms with van der Waals surface area (Å²) in [6.07, 6.45) is 5.00. The Balaban J connectivity index is 1.52. The molecule has 0 amide bonds. The van der Waals surface area contributed by atoms with Crippen molar-refractivity contribution in [3.63, 3.8) is 0 Å². The number of carbonyl (C=O) groups is 1. The zero-order valence-electron chi connectivity index (χ0n) is 20.1. The molecule has 0 radical (unpaired) electrons. The summed E-state index contributed by atoms with van der Waals surface area (Å²) in [6, 6.07) is 14.8. The fourth-order valence-electron chi connectivity index (χ4n) is 3.65. The molecule has 3 N–H and O–H groups in total. The standard InChI is InChI=1S/C25H29N7O4/c1-2-35-21-15-18(11-12-20(21)36-17-22(33)34)16-26-31-24-28-23(27-19-9-5-3-6-10-19)29-25(30-24)32-13-7-4-8-14-32/h3,5-6,9-12,15-16H,2,4,7-8,13-14,17H2,1H3,(H,33,34)(H2,27,28,29,30,31)/b26-16+. The number of anilines is 4. The third-order valence-electron chi connectivity index (χ3n) is 5.29. The van der Waals surface area contributed by atoms with Gasteiger partial charge in [-0.15, -0.1) is 0 Å². The molecule has 1 fully saturated rings. The molecule has 0 atom stereocenters. The molecule has 1 aliphatic heterocycles. The number of aromatic nitrogens is 3. The van der Waals surface area contributed by atoms with Crippen LogP contribution in [-0.2, 0) is 4.79 Å². The summed E-state index contributed by atoms with van der Waals surface area (Å²) in [5, 5.41) is 16.4. The van der Waals surface area contributed by atoms with E-state index in [2.05, 4.69) is 35.7 Å². The maximum atomic E-state index is 10.8. The van der Waals surface area contributed by atoms with Crippen molar-refractivity contribution in [3.05, 3.63) is 54.1 Å². The number of ether oxygens (including phenoxy) is 2. The van der Waals surface area contributed by atoms with Gasteiger partial charge in [-0.25, -0.2) is 10.2 Å². The fourth-order valence-corrected chi connectivity index (χ4v) is 3.65. The lowest BCUT2D eigenvalue weighted by molar-refractivity contribution is -0.139. The second-order valence-electron chi connectivity index (χ2n) is 8.01. The molecular formula is C25H29N7O4. The number of hydrogen-bond acceptors (Lipinski definition) is 10. The molecule has 2 aromatic carbocycles. The number of nitrogens with one attached hydrogen (secondary N) is 2. The van der Waals surface area contributed by atoms with Crippen LogP contribution in [0.2, 0.25) is 0 Å². The fraction of sp³-hybridized carbons (Fsp3) is 0.320. The van der Waals surface area contributed by atoms with Gasteiger partial charge in [-0.3, -0.25) is 0 Å². The highest BCUT2D eigenvalue weighted by atomic mass is 16.5. The molecule has 0 saturated carbocycles. The van der Waals surface area contributed by atoms with Crippen molar-refractivity contribution in [2.75, 3.05) is 41.9 Å². The summed E-state index contributed by atoms with van der Waals surface area (Å²) >= 11 is 0. The normalized spacial score (nSPS) is 13.4. The van der Waals surface area contributed by atoms with Gasteiger partial charge in [-0.2, -0.15) is 20.1 Å². The van der Waals surface area contributed by atoms with Crippen LogP contribution in [0.4, 0.5) is 23.5 Å². The van der Waals surface area contributed by atoms with Crippen LogP contribution in [0.5, 0.6) is 11.5 Å². The number of carboxylic acid groups (broad SMARTS) is 1. The number of benzene rings is 2. The lowest BCUT2D eigenvalue weighted by Crippen LogP contribution is -2.31. The minimum Gasteiger partial charge on any atom is -0.490 e. The molecule has 11 nitrogen and oxygen atoms in total. The Hall–Kier alpha value is -4.41. The van der Waals surface area contributed by atoms with Crippen molar-refractivity contribution in [2.24, 2.45) is 5.10 Å². The summed E-state index contributed by atoms with van der Waals surface area (Å²) in [7, 11) is 0. The number of rotatable bonds is 11. The topological polar surface area (TPSA) is 134 Å². The van der Waals surface area contributed by atoms with E-state index in [-0.39, 0.29) is 0 Å². The molecule has 0 unspecified atom stereocenters. The highest BCUT2D eigenvalue weighted by molar-refractivity contribution is 5.81. The van der Waals surface area contributed by atoms with E-state index >= 15 is 0 Å². The van der Waals surface area contributed by atoms with Crippen LogP contribution in [0.1, 0.15) is 31.7 Å². The Kier molecular flexibility index (Phi) is 8.47. The predicted octanol–water partition coefficient (Wildman–Crippen LogP) is 3.91. The summed E-state index contributed by atoms with van der Waals surface area (Å²) in [5.74, 6) is 1.06. The maximum absolute atomic E-state index is 10.8. The number of hydrogen-bond donors (Lipinski definition) is 3. The first-order valence-electron chi connectivity index (χ1n) is 11.8. The molecule has 188 valence electrons. The summed E-state index contributed by atoms with van der Waals surface area (Å²) in [4.78, 5) is 26.6. The number of aliphatic carboxylic acids is 1. The van der Waals surface area contributed by atoms with E-state index in [1.807, 2.05) is 37.3 Å². The lowest BCUT2D eigenvalue weighted by atomic mass is 10.1. The van der Waals surface area contributed by atoms with Crippen molar-refractivity contribution in [2.45, 2.75) is 26.2 Å². The molecule has 2 heterocycles. The second kappa shape index (κ2) is 12.3. The van der Waals surface area contributed by atoms with Crippen LogP contribution in [0.15, 0.2) is 53.6 Å². The van der Waals surface area contributed by atoms with Crippen LogP contribution < -0.4 is 25.1 Å². The Morgan fingerprint density at radius 1 is 1.03 bits per heavy atom. The minimum absolute atomic E-state index is 0.312. The zero-order chi connectivity index (χ0) is 25.2. The van der Waals surface area contributed by atoms with E-state index in [0.29, 0.717) is 36.0 Å². The Morgan fingerprint density at radius 2 is 1.81 bits per heavy atom. The van der Waals surface area contributed by atoms with E-state index in [1.165, 1.54) is 6.42 Å². The smallest absolute Gasteiger partial charge is 0.341 e. The number of para-hydroxylation sites is 1. The Morgan fingerprint density at radius 3 is 2.56 bits per heavy atom. The largest absolute Gasteiger partial charge is 0.490 e. The van der Waals surface area contributed by atoms with Crippen molar-refractivity contribution in [1.29, 1.82) is 0 Å². The highest BCUT2D eigenvalue weighted by Crippen LogP contribution is 2.28. The van der Waals surface area contributed by atoms with Gasteiger partial charge < -0.3 is 24.8 Å². The first-order valence-corrected chi connectivity index (χ1v) is 11.8. The molecule has 0 spiro atoms. The molecule has 0 aliphatic carbocycles. The van der Waals surface area contributed by atoms with Gasteiger partial charge in [-0.05, 0) is 62.1 Å². The summed E-state index contributed by atoms with van der Waals surface area (Å²) in [6.45, 7) is 3.59. The average molecular weight is 492 g/mol. The number of hydrazone groups is 1. The van der Waals surface area contributed by atoms with Crippen molar-refractivity contribution in [1.82, 2.24) is 15.0 Å². The van der Waals surface area contributed by atoms with E-state index in [0.717, 1.165) is 37.2 Å². The Bertz CT molecular complexity index is 1180. The molecular weight excluding hydrogens is 462 g/mol. The van der Waals surface area contributed by atoms with E-state index in [4.69, 9.17) is 14.6 Å². The molecule has 1 aromatic heterocycles. The summed E-state index contributed by atoms with van der Waals surface area (Å²) in [5.41, 5.74) is 4.49. The van der Waals surface area contributed by atoms with Crippen molar-refractivity contribution >= 4 is 35.7 Å². The van der Waals surface area contributed by atoms with Crippen molar-refractivity contribution < 1.29 is 19.4 Å². The first-order chi connectivity index (χ1) is 17.6. The molecule has 4 rings (SSSR count). The third-order valence-corrected chi connectivity index (χ3v) is 5.29. The zero-order valence-corrected chi connectivity index (χ0v) is 20.1. The monoisotopic (exact) mass is 491 g/mol. The predicted molar refractivity (Wildman–Crippen MR) is 138 cm³/mol. The van der Waals surface area contributed by atoms with Crippen LogP contribution >= 0.6 is 0 Å². The molecule has 36 heavy (non-hydrogen) atoms. The Labute approximate surface area is 209 Å². The molecule has 3 aromatic rings. The van der Waals surface area contributed by atoms with Crippen molar-refractivity contribution in [3.8, 4) is 11.5 Å². The maximum Gasteiger partial charge on any atom is 0.341 e. The molecule has 0 bridgehead atoms. The van der Waals surface area contributed by atoms with Crippen LogP contribution in [0, 0.1) is 0 Å². The van der Waals surface area contributed by atoms with Gasteiger partial charge in [0.1, 0.15) is 0 Å². The van der Waals surface area contributed by atoms with E-state index in [9.17, 15) is 4.79 Å². The van der Waals surface area contributed by atoms with Gasteiger partial charge in [-0.1, -0.05) is 18.2 Å². The van der Waals surface area contributed by atoms with Crippen LogP contribution in [-0.4, -0.2) is 58.5 Å². The van der Waals surface area contributed by atoms with Gasteiger partial charge in [0.25, 0.3) is 0 Å². The van der Waals surface area contributed by atoms with E-state index in [1.54, 1.807) is 24.4 Å². The molecule has 1 aliphatic rings. The quantitative estimate of drug-likeness (QED) is 0.268. The molecule has 1 saturated heterocycles. The van der Waals surface area contributed by atoms with Crippen LogP contribution in [0.3, 0.4) is 0 Å². The van der Waals surface area contributed by atoms with Gasteiger partial charge in [0.15, 0.2) is 18.1 Å². The van der Waals surface area contributed by atoms with Gasteiger partial charge in [0.2, 0.25) is 17.8 Å². The number of nitrogens with zero attached hydrogens (tertiary/aromatic N) is 5. The minimum atomic E-state index is -1.06. The molecule has 11 heteroatoms. The summed E-state index contributed by atoms with van der Waals surface area (Å²) < 4.78 is 10.9. The van der Waals surface area contributed by atoms with Gasteiger partial charge in [0.05, 0.1) is 12.8 Å². The number of piperidine rings is 1. The second-order valence-corrected chi connectivity index (χ2v) is 8.01. The van der Waals surface area contributed by atoms with Gasteiger partial charge in [0, 0.05) is 18.8 Å². The lowest BCUT2D eigenvalue weighted by Gasteiger charge is -2.26. The SMILES string of the molecule is CCOc1cc(/C=N/Nc2nc(Nc3ccccc3)nc(N3CCCCC3)n2)ccc1OCC(=O)O. The average Bonchev–Trinajstić information content (AvgIpc) is 2.89.